The third kappa shape index (κ3) is 4.20. The Hall–Kier alpha value is -2.07. The van der Waals surface area contributed by atoms with Crippen LogP contribution in [0.25, 0.3) is 0 Å². The summed E-state index contributed by atoms with van der Waals surface area (Å²) < 4.78 is 28.0. The zero-order chi connectivity index (χ0) is 15.5. The van der Waals surface area contributed by atoms with Crippen molar-refractivity contribution in [2.24, 2.45) is 0 Å². The number of carbonyl (C=O) groups is 1. The number of nitrogens with zero attached hydrogens (tertiary/aromatic N) is 1. The molecule has 112 valence electrons. The Morgan fingerprint density at radius 2 is 2.29 bits per heavy atom. The number of nitriles is 1. The first-order chi connectivity index (χ1) is 9.89. The van der Waals surface area contributed by atoms with E-state index in [4.69, 9.17) is 10.00 Å². The van der Waals surface area contributed by atoms with E-state index >= 15 is 0 Å². The fourth-order valence-corrected chi connectivity index (χ4v) is 3.88. The van der Waals surface area contributed by atoms with Crippen molar-refractivity contribution in [2.45, 2.75) is 19.4 Å². The molecule has 1 heterocycles. The lowest BCUT2D eigenvalue weighted by Gasteiger charge is -2.12. The van der Waals surface area contributed by atoms with E-state index in [-0.39, 0.29) is 30.1 Å². The molecule has 1 aliphatic heterocycles. The number of hydrogen-bond donors (Lipinski definition) is 1. The van der Waals surface area contributed by atoms with E-state index in [2.05, 4.69) is 5.32 Å². The topological polar surface area (TPSA) is 96.3 Å². The Morgan fingerprint density at radius 1 is 1.52 bits per heavy atom. The average Bonchev–Trinajstić information content (AvgIpc) is 2.76. The first kappa shape index (κ1) is 15.3. The number of aryl methyl sites for hydroxylation is 1. The molecule has 1 aromatic carbocycles. The van der Waals surface area contributed by atoms with E-state index in [0.29, 0.717) is 17.7 Å². The Balaban J connectivity index is 1.86. The summed E-state index contributed by atoms with van der Waals surface area (Å²) in [5.74, 6) is 0.298. The number of hydrogen-bond acceptors (Lipinski definition) is 5. The lowest BCUT2D eigenvalue weighted by atomic mass is 10.1. The lowest BCUT2D eigenvalue weighted by Crippen LogP contribution is -2.38. The molecule has 1 amide bonds. The predicted octanol–water partition coefficient (Wildman–Crippen LogP) is 0.549. The molecule has 2 rings (SSSR count). The van der Waals surface area contributed by atoms with Crippen molar-refractivity contribution in [3.8, 4) is 11.8 Å². The Morgan fingerprint density at radius 3 is 2.86 bits per heavy atom. The van der Waals surface area contributed by atoms with Gasteiger partial charge in [-0.25, -0.2) is 8.42 Å². The lowest BCUT2D eigenvalue weighted by molar-refractivity contribution is -0.123. The fraction of sp³-hybridized carbons (Fsp3) is 0.429. The number of nitrogens with one attached hydrogen (secondary N) is 1. The van der Waals surface area contributed by atoms with Crippen molar-refractivity contribution in [1.29, 1.82) is 5.26 Å². The van der Waals surface area contributed by atoms with E-state index in [9.17, 15) is 13.2 Å². The molecule has 6 nitrogen and oxygen atoms in total. The van der Waals surface area contributed by atoms with Gasteiger partial charge in [0.15, 0.2) is 16.4 Å². The number of carbonyl (C=O) groups excluding carboxylic acids is 1. The van der Waals surface area contributed by atoms with Gasteiger partial charge in [0.2, 0.25) is 0 Å². The average molecular weight is 308 g/mol. The van der Waals surface area contributed by atoms with Crippen molar-refractivity contribution in [3.05, 3.63) is 29.3 Å². The maximum absolute atomic E-state index is 11.7. The van der Waals surface area contributed by atoms with Gasteiger partial charge in [-0.1, -0.05) is 0 Å². The van der Waals surface area contributed by atoms with Crippen LogP contribution in [-0.2, 0) is 14.6 Å². The van der Waals surface area contributed by atoms with Gasteiger partial charge in [0.25, 0.3) is 5.91 Å². The number of rotatable bonds is 4. The first-order valence-corrected chi connectivity index (χ1v) is 8.35. The van der Waals surface area contributed by atoms with Crippen LogP contribution in [-0.4, -0.2) is 38.5 Å². The van der Waals surface area contributed by atoms with Crippen molar-refractivity contribution in [3.63, 3.8) is 0 Å². The Bertz CT molecular complexity index is 691. The summed E-state index contributed by atoms with van der Waals surface area (Å²) in [6.45, 7) is 1.61. The van der Waals surface area contributed by atoms with E-state index in [1.165, 1.54) is 0 Å². The van der Waals surface area contributed by atoms with Crippen LogP contribution < -0.4 is 10.1 Å². The molecule has 0 aromatic heterocycles. The molecule has 1 fully saturated rings. The van der Waals surface area contributed by atoms with Crippen LogP contribution >= 0.6 is 0 Å². The molecule has 1 N–H and O–H groups in total. The molecular weight excluding hydrogens is 292 g/mol. The third-order valence-electron chi connectivity index (χ3n) is 3.26. The summed E-state index contributed by atoms with van der Waals surface area (Å²) in [6.07, 6.45) is 0.448. The van der Waals surface area contributed by atoms with Crippen LogP contribution in [0.2, 0.25) is 0 Å². The summed E-state index contributed by atoms with van der Waals surface area (Å²) in [4.78, 5) is 11.7. The van der Waals surface area contributed by atoms with Gasteiger partial charge >= 0.3 is 0 Å². The molecule has 21 heavy (non-hydrogen) atoms. The molecular formula is C14H16N2O4S. The normalized spacial score (nSPS) is 19.7. The molecule has 1 aromatic rings. The minimum atomic E-state index is -3.01. The minimum absolute atomic E-state index is 0.00532. The van der Waals surface area contributed by atoms with Gasteiger partial charge in [-0.3, -0.25) is 4.79 Å². The third-order valence-corrected chi connectivity index (χ3v) is 5.03. The van der Waals surface area contributed by atoms with Crippen LogP contribution in [0.4, 0.5) is 0 Å². The van der Waals surface area contributed by atoms with Crippen LogP contribution in [0.15, 0.2) is 18.2 Å². The molecule has 1 unspecified atom stereocenters. The zero-order valence-electron chi connectivity index (χ0n) is 11.6. The molecule has 0 bridgehead atoms. The van der Waals surface area contributed by atoms with Crippen molar-refractivity contribution in [2.75, 3.05) is 18.1 Å². The van der Waals surface area contributed by atoms with Crippen LogP contribution in [0, 0.1) is 18.3 Å². The number of benzene rings is 1. The summed E-state index contributed by atoms with van der Waals surface area (Å²) >= 11 is 0. The van der Waals surface area contributed by atoms with E-state index in [0.717, 1.165) is 5.56 Å². The molecule has 1 aliphatic rings. The van der Waals surface area contributed by atoms with Gasteiger partial charge in [0.05, 0.1) is 23.1 Å². The minimum Gasteiger partial charge on any atom is -0.484 e. The number of sulfone groups is 1. The molecule has 0 aliphatic carbocycles. The van der Waals surface area contributed by atoms with E-state index in [1.807, 2.05) is 6.07 Å². The molecule has 1 saturated heterocycles. The van der Waals surface area contributed by atoms with Gasteiger partial charge in [0.1, 0.15) is 5.75 Å². The van der Waals surface area contributed by atoms with Gasteiger partial charge in [0, 0.05) is 6.04 Å². The maximum Gasteiger partial charge on any atom is 0.258 e. The summed E-state index contributed by atoms with van der Waals surface area (Å²) in [5, 5.41) is 11.4. The largest absolute Gasteiger partial charge is 0.484 e. The van der Waals surface area contributed by atoms with Crippen LogP contribution in [0.1, 0.15) is 17.5 Å². The van der Waals surface area contributed by atoms with Gasteiger partial charge in [-0.15, -0.1) is 0 Å². The predicted molar refractivity (Wildman–Crippen MR) is 76.6 cm³/mol. The van der Waals surface area contributed by atoms with E-state index < -0.39 is 9.84 Å². The second kappa shape index (κ2) is 6.14. The quantitative estimate of drug-likeness (QED) is 0.876. The van der Waals surface area contributed by atoms with Gasteiger partial charge in [-0.2, -0.15) is 5.26 Å². The fourth-order valence-electron chi connectivity index (χ4n) is 2.20. The molecule has 7 heteroatoms. The monoisotopic (exact) mass is 308 g/mol. The van der Waals surface area contributed by atoms with Crippen molar-refractivity contribution >= 4 is 15.7 Å². The standard InChI is InChI=1S/C14H16N2O4S/c1-10-6-11(7-15)2-3-13(10)20-8-14(17)16-12-4-5-21(18,19)9-12/h2-3,6,12H,4-5,8-9H2,1H3,(H,16,17). The molecule has 0 radical (unpaired) electrons. The highest BCUT2D eigenvalue weighted by molar-refractivity contribution is 7.91. The number of amides is 1. The highest BCUT2D eigenvalue weighted by Crippen LogP contribution is 2.18. The first-order valence-electron chi connectivity index (χ1n) is 6.53. The van der Waals surface area contributed by atoms with Crippen LogP contribution in [0.3, 0.4) is 0 Å². The smallest absolute Gasteiger partial charge is 0.258 e. The Labute approximate surface area is 123 Å². The Kier molecular flexibility index (Phi) is 4.48. The molecule has 0 saturated carbocycles. The van der Waals surface area contributed by atoms with Crippen LogP contribution in [0.5, 0.6) is 5.75 Å². The molecule has 1 atom stereocenters. The highest BCUT2D eigenvalue weighted by Gasteiger charge is 2.28. The number of ether oxygens (including phenoxy) is 1. The second-order valence-corrected chi connectivity index (χ2v) is 7.28. The SMILES string of the molecule is Cc1cc(C#N)ccc1OCC(=O)NC1CCS(=O)(=O)C1. The molecule has 0 spiro atoms. The summed E-state index contributed by atoms with van der Waals surface area (Å²) in [5.41, 5.74) is 1.30. The summed E-state index contributed by atoms with van der Waals surface area (Å²) in [7, 11) is -3.01. The second-order valence-electron chi connectivity index (χ2n) is 5.05. The van der Waals surface area contributed by atoms with E-state index in [1.54, 1.807) is 25.1 Å². The van der Waals surface area contributed by atoms with Crippen molar-refractivity contribution in [1.82, 2.24) is 5.32 Å². The van der Waals surface area contributed by atoms with Gasteiger partial charge in [-0.05, 0) is 37.1 Å². The van der Waals surface area contributed by atoms with Crippen molar-refractivity contribution < 1.29 is 17.9 Å². The zero-order valence-corrected chi connectivity index (χ0v) is 12.4. The maximum atomic E-state index is 11.7. The summed E-state index contributed by atoms with van der Waals surface area (Å²) in [6, 6.07) is 6.63. The van der Waals surface area contributed by atoms with Gasteiger partial charge < -0.3 is 10.1 Å². The highest BCUT2D eigenvalue weighted by atomic mass is 32.2.